The van der Waals surface area contributed by atoms with Crippen LogP contribution in [0.1, 0.15) is 10.4 Å². The van der Waals surface area contributed by atoms with E-state index >= 15 is 0 Å². The number of fused-ring (bicyclic) bond motifs is 1. The van der Waals surface area contributed by atoms with Crippen LogP contribution < -0.4 is 33.3 Å². The molecule has 2 heterocycles. The summed E-state index contributed by atoms with van der Waals surface area (Å²) < 4.78 is 0. The number of nitro benzene ring substituents is 1. The maximum atomic E-state index is 12.9. The van der Waals surface area contributed by atoms with E-state index in [1.807, 2.05) is 60.6 Å². The van der Waals surface area contributed by atoms with Crippen LogP contribution in [0.5, 0.6) is 0 Å². The van der Waals surface area contributed by atoms with Crippen LogP contribution in [0.4, 0.5) is 28.4 Å². The maximum Gasteiger partial charge on any atom is 0.276 e. The predicted molar refractivity (Wildman–Crippen MR) is 150 cm³/mol. The van der Waals surface area contributed by atoms with Crippen LogP contribution in [0.15, 0.2) is 102 Å². The van der Waals surface area contributed by atoms with Gasteiger partial charge in [0.1, 0.15) is 6.17 Å². The Morgan fingerprint density at radius 2 is 1.79 bits per heavy atom. The summed E-state index contributed by atoms with van der Waals surface area (Å²) in [6, 6.07) is 21.1. The second-order valence-electron chi connectivity index (χ2n) is 8.74. The highest BCUT2D eigenvalue weighted by atomic mass is 35.5. The zero-order chi connectivity index (χ0) is 26.6. The molecule has 11 heteroatoms. The Hall–Kier alpha value is -4.60. The minimum atomic E-state index is -0.423. The van der Waals surface area contributed by atoms with E-state index in [4.69, 9.17) is 11.6 Å². The lowest BCUT2D eigenvalue weighted by atomic mass is 10.1. The Kier molecular flexibility index (Phi) is 8.33. The van der Waals surface area contributed by atoms with Gasteiger partial charge in [-0.15, -0.1) is 0 Å². The lowest BCUT2D eigenvalue weighted by Crippen LogP contribution is -3.00. The molecule has 0 spiro atoms. The number of aromatic nitrogens is 1. The number of carbonyl (C=O) groups excluding carboxylic acids is 1. The highest BCUT2D eigenvalue weighted by Gasteiger charge is 2.15. The summed E-state index contributed by atoms with van der Waals surface area (Å²) in [5.41, 5.74) is 4.22. The Labute approximate surface area is 235 Å². The van der Waals surface area contributed by atoms with E-state index in [-0.39, 0.29) is 30.2 Å². The van der Waals surface area contributed by atoms with Gasteiger partial charge in [0.15, 0.2) is 6.20 Å². The standard InChI is InChI=1S/C28H23ClN6O3.ClH/c1-34-14-12-19(29)16-27(34)32-22-4-2-3-18(15-22)28(36)33-21-7-5-20(6-8-21)31-25-11-13-30-26-17-23(35(37)38)9-10-24(25)26;/h2-17,27,32H,1H3,(H,30,31)(H,33,36);1H. The quantitative estimate of drug-likeness (QED) is 0.236. The zero-order valence-electron chi connectivity index (χ0n) is 20.7. The van der Waals surface area contributed by atoms with Gasteiger partial charge in [-0.05, 0) is 60.7 Å². The van der Waals surface area contributed by atoms with Crippen LogP contribution in [0.3, 0.4) is 0 Å². The predicted octanol–water partition coefficient (Wildman–Crippen LogP) is 2.88. The van der Waals surface area contributed by atoms with Crippen molar-refractivity contribution in [3.05, 3.63) is 118 Å². The fourth-order valence-electron chi connectivity index (χ4n) is 4.08. The number of H-pyrrole nitrogens is 1. The van der Waals surface area contributed by atoms with E-state index in [2.05, 4.69) is 20.9 Å². The molecule has 9 nitrogen and oxygen atoms in total. The third-order valence-electron chi connectivity index (χ3n) is 6.08. The van der Waals surface area contributed by atoms with E-state index in [1.54, 1.807) is 36.5 Å². The summed E-state index contributed by atoms with van der Waals surface area (Å²) in [7, 11) is 1.94. The number of hydrogen-bond acceptors (Lipinski definition) is 6. The number of allylic oxidation sites excluding steroid dienone is 2. The Bertz CT molecular complexity index is 1590. The third kappa shape index (κ3) is 6.46. The Morgan fingerprint density at radius 3 is 2.56 bits per heavy atom. The minimum Gasteiger partial charge on any atom is -1.00 e. The smallest absolute Gasteiger partial charge is 0.276 e. The van der Waals surface area contributed by atoms with Crippen molar-refractivity contribution >= 4 is 56.8 Å². The van der Waals surface area contributed by atoms with Gasteiger partial charge in [-0.1, -0.05) is 17.7 Å². The van der Waals surface area contributed by atoms with Crippen LogP contribution in [0.2, 0.25) is 0 Å². The van der Waals surface area contributed by atoms with Crippen LogP contribution in [-0.2, 0) is 0 Å². The van der Waals surface area contributed by atoms with Crippen molar-refractivity contribution < 1.29 is 27.1 Å². The summed E-state index contributed by atoms with van der Waals surface area (Å²) in [6.45, 7) is 0. The molecule has 1 aliphatic rings. The van der Waals surface area contributed by atoms with E-state index < -0.39 is 4.92 Å². The molecule has 1 aromatic heterocycles. The van der Waals surface area contributed by atoms with Crippen molar-refractivity contribution in [3.8, 4) is 0 Å². The number of amides is 1. The summed E-state index contributed by atoms with van der Waals surface area (Å²) in [4.78, 5) is 28.6. The summed E-state index contributed by atoms with van der Waals surface area (Å²) in [6.07, 6.45) is 7.20. The number of nitrogens with zero attached hydrogens (tertiary/aromatic N) is 2. The molecule has 0 fully saturated rings. The second-order valence-corrected chi connectivity index (χ2v) is 9.17. The fourth-order valence-corrected chi connectivity index (χ4v) is 4.25. The number of pyridine rings is 1. The van der Waals surface area contributed by atoms with Gasteiger partial charge in [-0.2, -0.15) is 0 Å². The largest absolute Gasteiger partial charge is 1.00 e. The molecular formula is C28H24Cl2N6O3. The van der Waals surface area contributed by atoms with Gasteiger partial charge in [0, 0.05) is 53.0 Å². The number of benzene rings is 3. The third-order valence-corrected chi connectivity index (χ3v) is 6.33. The van der Waals surface area contributed by atoms with Crippen molar-refractivity contribution in [2.24, 2.45) is 0 Å². The number of anilines is 4. The van der Waals surface area contributed by atoms with Gasteiger partial charge >= 0.3 is 0 Å². The monoisotopic (exact) mass is 562 g/mol. The van der Waals surface area contributed by atoms with Crippen molar-refractivity contribution in [1.82, 2.24) is 4.90 Å². The topological polar surface area (TPSA) is 114 Å². The molecule has 4 N–H and O–H groups in total. The molecule has 5 rings (SSSR count). The molecule has 1 unspecified atom stereocenters. The highest BCUT2D eigenvalue weighted by molar-refractivity contribution is 6.31. The van der Waals surface area contributed by atoms with Crippen LogP contribution in [-0.4, -0.2) is 28.9 Å². The van der Waals surface area contributed by atoms with Crippen molar-refractivity contribution in [1.29, 1.82) is 0 Å². The Balaban J connectivity index is 0.00000353. The van der Waals surface area contributed by atoms with Crippen molar-refractivity contribution in [3.63, 3.8) is 0 Å². The molecule has 0 saturated heterocycles. The first-order valence-corrected chi connectivity index (χ1v) is 12.1. The summed E-state index contributed by atoms with van der Waals surface area (Å²) >= 11 is 6.13. The molecule has 198 valence electrons. The average Bonchev–Trinajstić information content (AvgIpc) is 2.92. The molecule has 0 bridgehead atoms. The lowest BCUT2D eigenvalue weighted by Gasteiger charge is -2.28. The van der Waals surface area contributed by atoms with Crippen molar-refractivity contribution in [2.75, 3.05) is 23.0 Å². The van der Waals surface area contributed by atoms with Gasteiger partial charge in [0.25, 0.3) is 11.6 Å². The number of halogens is 2. The van der Waals surface area contributed by atoms with E-state index in [1.165, 1.54) is 12.1 Å². The van der Waals surface area contributed by atoms with Gasteiger partial charge in [-0.25, -0.2) is 4.98 Å². The summed E-state index contributed by atoms with van der Waals surface area (Å²) in [5.74, 6) is -0.231. The number of carbonyl (C=O) groups is 1. The second kappa shape index (κ2) is 11.8. The SMILES string of the molecule is CN1C=CC(Cl)=CC1Nc1cccc(C(=O)Nc2ccc(Nc3cc[nH+]c4cc([N+](=O)[O-])ccc34)cc2)c1.[Cl-]. The number of nitro groups is 1. The van der Waals surface area contributed by atoms with Gasteiger partial charge < -0.3 is 33.3 Å². The molecule has 1 aliphatic heterocycles. The normalized spacial score (nSPS) is 14.3. The van der Waals surface area contributed by atoms with Gasteiger partial charge in [0.2, 0.25) is 5.52 Å². The molecule has 0 aliphatic carbocycles. The molecule has 0 saturated carbocycles. The first kappa shape index (κ1) is 27.4. The minimum absolute atomic E-state index is 0. The molecule has 3 aromatic carbocycles. The fraction of sp³-hybridized carbons (Fsp3) is 0.0714. The number of rotatable bonds is 7. The van der Waals surface area contributed by atoms with Crippen molar-refractivity contribution in [2.45, 2.75) is 6.17 Å². The maximum absolute atomic E-state index is 12.9. The van der Waals surface area contributed by atoms with E-state index in [0.29, 0.717) is 21.8 Å². The number of hydrogen-bond donors (Lipinski definition) is 3. The van der Waals surface area contributed by atoms with Crippen LogP contribution >= 0.6 is 11.6 Å². The number of nitrogens with one attached hydrogen (secondary N) is 4. The van der Waals surface area contributed by atoms with E-state index in [0.717, 1.165) is 22.4 Å². The summed E-state index contributed by atoms with van der Waals surface area (Å²) in [5, 5.41) is 22.2. The Morgan fingerprint density at radius 1 is 1.03 bits per heavy atom. The first-order chi connectivity index (χ1) is 18.4. The number of likely N-dealkylation sites (N-methyl/N-ethyl adjacent to an activating group) is 1. The number of non-ortho nitro benzene ring substituents is 1. The average molecular weight is 563 g/mol. The zero-order valence-corrected chi connectivity index (χ0v) is 22.2. The molecule has 39 heavy (non-hydrogen) atoms. The highest BCUT2D eigenvalue weighted by Crippen LogP contribution is 2.27. The lowest BCUT2D eigenvalue weighted by molar-refractivity contribution is -0.386. The van der Waals surface area contributed by atoms with Crippen LogP contribution in [0.25, 0.3) is 10.9 Å². The first-order valence-electron chi connectivity index (χ1n) is 11.8. The van der Waals surface area contributed by atoms with Gasteiger partial charge in [-0.3, -0.25) is 14.9 Å². The van der Waals surface area contributed by atoms with Gasteiger partial charge in [0.05, 0.1) is 22.1 Å². The van der Waals surface area contributed by atoms with Crippen LogP contribution in [0, 0.1) is 10.1 Å². The molecule has 1 atom stereocenters. The molecule has 4 aromatic rings. The molecule has 0 radical (unpaired) electrons. The molecule has 1 amide bonds. The van der Waals surface area contributed by atoms with E-state index in [9.17, 15) is 14.9 Å². The molecular weight excluding hydrogens is 539 g/mol. The number of aromatic amines is 1.